The van der Waals surface area contributed by atoms with Gasteiger partial charge >= 0.3 is 11.9 Å². The lowest BCUT2D eigenvalue weighted by molar-refractivity contribution is 0.0481. The highest BCUT2D eigenvalue weighted by atomic mass is 16.5. The Kier molecular flexibility index (Phi) is 9.53. The number of nitrogens with zero attached hydrogens (tertiary/aromatic N) is 2. The summed E-state index contributed by atoms with van der Waals surface area (Å²) in [7, 11) is 0. The van der Waals surface area contributed by atoms with E-state index in [0.29, 0.717) is 24.3 Å². The largest absolute Gasteiger partial charge is 0.462 e. The summed E-state index contributed by atoms with van der Waals surface area (Å²) in [5, 5.41) is 1.91. The molecule has 0 radical (unpaired) electrons. The first-order valence-corrected chi connectivity index (χ1v) is 14.0. The lowest BCUT2D eigenvalue weighted by Crippen LogP contribution is -2.25. The number of carbonyl (C=O) groups excluding carboxylic acids is 2. The zero-order valence-electron chi connectivity index (χ0n) is 23.2. The van der Waals surface area contributed by atoms with Gasteiger partial charge in [-0.1, -0.05) is 58.0 Å². The summed E-state index contributed by atoms with van der Waals surface area (Å²) in [6.45, 7) is 15.2. The van der Waals surface area contributed by atoms with Crippen molar-refractivity contribution >= 4 is 22.7 Å². The van der Waals surface area contributed by atoms with Crippen LogP contribution in [0.1, 0.15) is 61.3 Å². The molecule has 0 fully saturated rings. The number of hydrogen-bond donors (Lipinski definition) is 0. The van der Waals surface area contributed by atoms with Crippen LogP contribution in [0.25, 0.3) is 33.0 Å². The maximum atomic E-state index is 13.0. The molecule has 0 unspecified atom stereocenters. The van der Waals surface area contributed by atoms with Gasteiger partial charge < -0.3 is 19.3 Å². The summed E-state index contributed by atoms with van der Waals surface area (Å²) in [6.07, 6.45) is 1.63. The number of hydrogen-bond acceptors (Lipinski definition) is 6. The molecular weight excluding hydrogens is 476 g/mol. The fourth-order valence-corrected chi connectivity index (χ4v) is 5.31. The molecule has 0 saturated heterocycles. The van der Waals surface area contributed by atoms with Crippen LogP contribution in [0.15, 0.2) is 48.5 Å². The first-order chi connectivity index (χ1) is 18.5. The lowest BCUT2D eigenvalue weighted by Gasteiger charge is -2.17. The van der Waals surface area contributed by atoms with Crippen molar-refractivity contribution in [3.05, 3.63) is 59.7 Å². The Morgan fingerprint density at radius 2 is 1.24 bits per heavy atom. The monoisotopic (exact) mass is 516 g/mol. The van der Waals surface area contributed by atoms with Gasteiger partial charge in [-0.25, -0.2) is 9.59 Å². The fourth-order valence-electron chi connectivity index (χ4n) is 5.31. The van der Waals surface area contributed by atoms with E-state index in [2.05, 4.69) is 43.6 Å². The summed E-state index contributed by atoms with van der Waals surface area (Å²) >= 11 is 0. The van der Waals surface area contributed by atoms with Crippen LogP contribution in [0, 0.1) is 0 Å². The summed E-state index contributed by atoms with van der Waals surface area (Å²) in [4.78, 5) is 30.4. The fraction of sp³-hybridized carbons (Fsp3) is 0.438. The molecule has 0 spiro atoms. The van der Waals surface area contributed by atoms with Gasteiger partial charge in [0.05, 0.1) is 24.3 Å². The first-order valence-electron chi connectivity index (χ1n) is 14.0. The van der Waals surface area contributed by atoms with Crippen LogP contribution in [0.4, 0.5) is 0 Å². The molecule has 1 aliphatic rings. The van der Waals surface area contributed by atoms with Gasteiger partial charge in [0, 0.05) is 13.1 Å². The van der Waals surface area contributed by atoms with Gasteiger partial charge in [-0.2, -0.15) is 0 Å². The minimum Gasteiger partial charge on any atom is -0.462 e. The minimum absolute atomic E-state index is 0.293. The van der Waals surface area contributed by atoms with E-state index in [1.165, 1.54) is 0 Å². The van der Waals surface area contributed by atoms with Crippen LogP contribution in [-0.2, 0) is 9.47 Å². The second kappa shape index (κ2) is 13.0. The molecule has 3 aromatic rings. The van der Waals surface area contributed by atoms with Crippen LogP contribution >= 0.6 is 0 Å². The van der Waals surface area contributed by atoms with E-state index < -0.39 is 0 Å². The van der Waals surface area contributed by atoms with Gasteiger partial charge in [0.2, 0.25) is 0 Å². The second-order valence-electron chi connectivity index (χ2n) is 9.68. The maximum Gasteiger partial charge on any atom is 0.338 e. The van der Waals surface area contributed by atoms with E-state index in [-0.39, 0.29) is 11.9 Å². The molecule has 0 saturated carbocycles. The number of esters is 2. The molecule has 0 heterocycles. The molecule has 0 amide bonds. The zero-order chi connectivity index (χ0) is 27.1. The number of carbonyl (C=O) groups is 2. The Hall–Kier alpha value is -3.22. The highest BCUT2D eigenvalue weighted by Gasteiger charge is 2.25. The highest BCUT2D eigenvalue weighted by molar-refractivity contribution is 6.20. The molecule has 6 nitrogen and oxygen atoms in total. The predicted molar refractivity (Wildman–Crippen MR) is 154 cm³/mol. The minimum atomic E-state index is -0.301. The smallest absolute Gasteiger partial charge is 0.338 e. The van der Waals surface area contributed by atoms with Gasteiger partial charge in [-0.3, -0.25) is 0 Å². The van der Waals surface area contributed by atoms with Gasteiger partial charge in [-0.15, -0.1) is 0 Å². The molecular formula is C32H40N2O4. The SMILES string of the molecule is CCN(CC)CCCOC(=O)c1ccc2c(c1)-c1ccc(C(=O)OCCCN(CC)CC)c3cccc-2c13. The summed E-state index contributed by atoms with van der Waals surface area (Å²) < 4.78 is 11.2. The summed E-state index contributed by atoms with van der Waals surface area (Å²) in [6, 6.07) is 15.6. The second-order valence-corrected chi connectivity index (χ2v) is 9.68. The van der Waals surface area contributed by atoms with E-state index >= 15 is 0 Å². The predicted octanol–water partition coefficient (Wildman–Crippen LogP) is 6.26. The number of ether oxygens (including phenoxy) is 2. The van der Waals surface area contributed by atoms with E-state index in [1.54, 1.807) is 0 Å². The van der Waals surface area contributed by atoms with Gasteiger partial charge in [0.15, 0.2) is 0 Å². The molecule has 0 aliphatic heterocycles. The average molecular weight is 517 g/mol. The van der Waals surface area contributed by atoms with Crippen molar-refractivity contribution in [2.75, 3.05) is 52.5 Å². The molecule has 202 valence electrons. The van der Waals surface area contributed by atoms with Crippen molar-refractivity contribution in [2.24, 2.45) is 0 Å². The normalized spacial score (nSPS) is 11.8. The van der Waals surface area contributed by atoms with Crippen LogP contribution in [0.5, 0.6) is 0 Å². The van der Waals surface area contributed by atoms with E-state index in [4.69, 9.17) is 9.47 Å². The van der Waals surface area contributed by atoms with Crippen LogP contribution in [-0.4, -0.2) is 74.2 Å². The standard InChI is InChI=1S/C32H40N2O4/c1-5-33(6-2)18-10-20-37-31(35)23-14-15-24-25-12-9-13-26-28(17-16-27(30(25)26)29(24)22-23)32(36)38-21-11-19-34(7-3)8-4/h9,12-17,22H,5-8,10-11,18-21H2,1-4H3. The van der Waals surface area contributed by atoms with Crippen molar-refractivity contribution in [3.8, 4) is 22.3 Å². The van der Waals surface area contributed by atoms with Gasteiger partial charge in [-0.05, 0) is 90.2 Å². The van der Waals surface area contributed by atoms with E-state index in [1.807, 2.05) is 42.5 Å². The quantitative estimate of drug-likeness (QED) is 0.146. The molecule has 1 aliphatic carbocycles. The molecule has 3 aromatic carbocycles. The van der Waals surface area contributed by atoms with Crippen LogP contribution < -0.4 is 0 Å². The van der Waals surface area contributed by atoms with Crippen molar-refractivity contribution < 1.29 is 19.1 Å². The van der Waals surface area contributed by atoms with Gasteiger partial charge in [0.25, 0.3) is 0 Å². The molecule has 0 bridgehead atoms. The van der Waals surface area contributed by atoms with Crippen molar-refractivity contribution in [2.45, 2.75) is 40.5 Å². The first kappa shape index (κ1) is 27.8. The third kappa shape index (κ3) is 5.92. The van der Waals surface area contributed by atoms with Crippen LogP contribution in [0.2, 0.25) is 0 Å². The van der Waals surface area contributed by atoms with Crippen molar-refractivity contribution in [1.82, 2.24) is 9.80 Å². The Morgan fingerprint density at radius 1 is 0.658 bits per heavy atom. The third-order valence-corrected chi connectivity index (χ3v) is 7.59. The topological polar surface area (TPSA) is 59.1 Å². The molecule has 0 atom stereocenters. The summed E-state index contributed by atoms with van der Waals surface area (Å²) in [5.41, 5.74) is 5.28. The molecule has 4 rings (SSSR count). The molecule has 38 heavy (non-hydrogen) atoms. The third-order valence-electron chi connectivity index (χ3n) is 7.59. The van der Waals surface area contributed by atoms with Crippen molar-refractivity contribution in [1.29, 1.82) is 0 Å². The lowest BCUT2D eigenvalue weighted by atomic mass is 9.98. The Labute approximate surface area is 226 Å². The maximum absolute atomic E-state index is 13.0. The Bertz CT molecular complexity index is 1280. The Morgan fingerprint density at radius 3 is 1.87 bits per heavy atom. The average Bonchev–Trinajstić information content (AvgIpc) is 3.27. The molecule has 0 aromatic heterocycles. The van der Waals surface area contributed by atoms with Crippen molar-refractivity contribution in [3.63, 3.8) is 0 Å². The van der Waals surface area contributed by atoms with Crippen LogP contribution in [0.3, 0.4) is 0 Å². The molecule has 0 N–H and O–H groups in total. The Balaban J connectivity index is 1.48. The number of rotatable bonds is 14. The zero-order valence-corrected chi connectivity index (χ0v) is 23.2. The number of benzene rings is 3. The van der Waals surface area contributed by atoms with E-state index in [0.717, 1.165) is 85.1 Å². The van der Waals surface area contributed by atoms with Gasteiger partial charge in [0.1, 0.15) is 0 Å². The number of fused-ring (bicyclic) bond motifs is 3. The highest BCUT2D eigenvalue weighted by Crippen LogP contribution is 2.48. The summed E-state index contributed by atoms with van der Waals surface area (Å²) in [5.74, 6) is -0.595. The van der Waals surface area contributed by atoms with E-state index in [9.17, 15) is 9.59 Å². The molecule has 6 heteroatoms.